The molecule has 0 fully saturated rings. The molecule has 2 heterocycles. The van der Waals surface area contributed by atoms with Crippen molar-refractivity contribution in [1.29, 1.82) is 0 Å². The van der Waals surface area contributed by atoms with Gasteiger partial charge in [-0.2, -0.15) is 0 Å². The second-order valence-corrected chi connectivity index (χ2v) is 34.5. The Bertz CT molecular complexity index is 8070. The lowest BCUT2D eigenvalue weighted by Crippen LogP contribution is -2.00. The molecule has 6 nitrogen and oxygen atoms in total. The first-order valence-electron chi connectivity index (χ1n) is 46.7. The van der Waals surface area contributed by atoms with E-state index in [1.807, 2.05) is 12.1 Å². The number of aromatic nitrogens is 6. The minimum absolute atomic E-state index is 0.609. The number of benzene rings is 21. The van der Waals surface area contributed by atoms with Crippen LogP contribution in [-0.2, 0) is 0 Å². The molecule has 138 heavy (non-hydrogen) atoms. The normalized spacial score (nSPS) is 11.0. The van der Waals surface area contributed by atoms with Gasteiger partial charge in [0.25, 0.3) is 0 Å². The number of nitrogens with zero attached hydrogens (tertiary/aromatic N) is 6. The van der Waals surface area contributed by atoms with Gasteiger partial charge in [0, 0.05) is 33.4 Å². The van der Waals surface area contributed by atoms with Crippen LogP contribution in [0.15, 0.2) is 546 Å². The van der Waals surface area contributed by atoms with E-state index in [1.165, 1.54) is 89.0 Å². The van der Waals surface area contributed by atoms with Gasteiger partial charge >= 0.3 is 0 Å². The predicted molar refractivity (Wildman–Crippen MR) is 574 cm³/mol. The van der Waals surface area contributed by atoms with Gasteiger partial charge in [-0.1, -0.05) is 473 Å². The highest BCUT2D eigenvalue weighted by atomic mass is 15.0. The molecule has 0 amide bonds. The molecule has 0 radical (unpaired) electrons. The molecular formula is C132H90N6. The van der Waals surface area contributed by atoms with Gasteiger partial charge < -0.3 is 0 Å². The maximum atomic E-state index is 5.23. The Morgan fingerprint density at radius 3 is 0.290 bits per heavy atom. The minimum atomic E-state index is 0.609. The summed E-state index contributed by atoms with van der Waals surface area (Å²) in [6.07, 6.45) is 0. The van der Waals surface area contributed by atoms with Crippen molar-refractivity contribution in [3.8, 4) is 235 Å². The van der Waals surface area contributed by atoms with Gasteiger partial charge in [-0.3, -0.25) is 0 Å². The number of hydrogen-bond acceptors (Lipinski definition) is 6. The third-order valence-corrected chi connectivity index (χ3v) is 25.5. The molecule has 0 saturated heterocycles. The molecule has 0 aliphatic carbocycles. The lowest BCUT2D eigenvalue weighted by atomic mass is 9.94. The number of rotatable bonds is 21. The molecule has 23 rings (SSSR count). The van der Waals surface area contributed by atoms with Gasteiger partial charge in [-0.25, -0.2) is 29.9 Å². The zero-order valence-electron chi connectivity index (χ0n) is 75.6. The van der Waals surface area contributed by atoms with Gasteiger partial charge in [0.05, 0.1) is 0 Å². The molecule has 0 aliphatic rings. The third-order valence-electron chi connectivity index (χ3n) is 25.5. The third kappa shape index (κ3) is 19.3. The van der Waals surface area contributed by atoms with Crippen LogP contribution in [0.25, 0.3) is 235 Å². The Morgan fingerprint density at radius 2 is 0.152 bits per heavy atom. The van der Waals surface area contributed by atoms with Gasteiger partial charge in [0.2, 0.25) is 0 Å². The van der Waals surface area contributed by atoms with E-state index in [9.17, 15) is 0 Å². The SMILES string of the molecule is c1ccc(-c2cccc(-c3cccc(-c4ccc(-c5cccc(-c6cccc(-c7nc(-c8cccc(-c9ccccc9)c8)nc(-c8cccc(-c9cccc(-c%10ccccc%10)c9)c8)n7)c6)c5)cc4)c3)c2)cc1.c1ccc(-c2cccc(-c3cccc(-c4ccc(-c5nc(-c6ccc(-c7cccc(-c8cccc(-c9ccccc9)c8)c7)cc6)nc(-c6cccc(-c7ccccc7)c6)n5)cc4)c3)c2)cc1. The molecule has 0 spiro atoms. The maximum Gasteiger partial charge on any atom is 0.164 e. The smallest absolute Gasteiger partial charge is 0.164 e. The fourth-order valence-corrected chi connectivity index (χ4v) is 18.2. The molecule has 2 aromatic heterocycles. The average Bonchev–Trinajstić information content (AvgIpc) is 0.786. The molecule has 0 unspecified atom stereocenters. The quantitative estimate of drug-likeness (QED) is 0.0713. The van der Waals surface area contributed by atoms with E-state index in [0.29, 0.717) is 34.9 Å². The molecule has 6 heteroatoms. The first-order valence-corrected chi connectivity index (χ1v) is 46.7. The highest BCUT2D eigenvalue weighted by Crippen LogP contribution is 2.41. The largest absolute Gasteiger partial charge is 0.208 e. The van der Waals surface area contributed by atoms with Crippen LogP contribution in [-0.4, -0.2) is 29.9 Å². The van der Waals surface area contributed by atoms with E-state index in [0.717, 1.165) is 111 Å². The standard InChI is InChI=1S/C69H47N3.C63H43N3/c1-4-17-48(18-5-1)53-23-10-28-58(41-53)59-29-12-25-55(43-59)51-37-39-52(40-38-51)56-26-13-31-61(44-56)63-33-16-36-66(47-63)69-71-67(64-34-14-27-57(45-64)50-21-8-3-9-22-50)70-68(72-69)65-35-15-32-62(46-65)60-30-11-24-54(42-60)49-19-6-2-7-20-49;1-4-15-44(16-5-1)51-21-10-26-56(39-51)58-28-12-23-53(41-58)47-31-35-49(36-32-47)61-64-62(66-63(65-61)60-30-14-25-55(43-60)46-19-8-3-9-20-46)50-37-33-48(34-38-50)54-24-13-29-59(42-54)57-27-11-22-52(40-57)45-17-6-2-7-18-45/h1-47H;1-43H. The van der Waals surface area contributed by atoms with E-state index >= 15 is 0 Å². The van der Waals surface area contributed by atoms with Gasteiger partial charge in [-0.05, 0) is 240 Å². The van der Waals surface area contributed by atoms with Crippen molar-refractivity contribution in [2.24, 2.45) is 0 Å². The Kier molecular flexibility index (Phi) is 24.4. The first kappa shape index (κ1) is 85.1. The zero-order valence-corrected chi connectivity index (χ0v) is 75.6. The van der Waals surface area contributed by atoms with Crippen LogP contribution in [0.1, 0.15) is 0 Å². The lowest BCUT2D eigenvalue weighted by Gasteiger charge is -2.12. The molecular weight excluding hydrogens is 1670 g/mol. The van der Waals surface area contributed by atoms with Crippen LogP contribution in [0.3, 0.4) is 0 Å². The van der Waals surface area contributed by atoms with Gasteiger partial charge in [0.1, 0.15) is 0 Å². The molecule has 0 saturated carbocycles. The second-order valence-electron chi connectivity index (χ2n) is 34.5. The van der Waals surface area contributed by atoms with E-state index in [1.54, 1.807) is 0 Å². The summed E-state index contributed by atoms with van der Waals surface area (Å²) in [7, 11) is 0. The lowest BCUT2D eigenvalue weighted by molar-refractivity contribution is 1.07. The Hall–Kier alpha value is -18.4. The van der Waals surface area contributed by atoms with Crippen LogP contribution < -0.4 is 0 Å². The summed E-state index contributed by atoms with van der Waals surface area (Å²) in [6, 6.07) is 193. The van der Waals surface area contributed by atoms with Crippen LogP contribution >= 0.6 is 0 Å². The average molecular weight is 1760 g/mol. The Balaban J connectivity index is 0.000000160. The van der Waals surface area contributed by atoms with Gasteiger partial charge in [0.15, 0.2) is 34.9 Å². The molecule has 0 aliphatic heterocycles. The fraction of sp³-hybridized carbons (Fsp3) is 0. The highest BCUT2D eigenvalue weighted by Gasteiger charge is 2.20. The first-order chi connectivity index (χ1) is 68.3. The molecule has 0 bridgehead atoms. The van der Waals surface area contributed by atoms with Crippen molar-refractivity contribution in [2.75, 3.05) is 0 Å². The molecule has 0 N–H and O–H groups in total. The summed E-state index contributed by atoms with van der Waals surface area (Å²) in [5.74, 6) is 3.69. The van der Waals surface area contributed by atoms with E-state index in [-0.39, 0.29) is 0 Å². The predicted octanol–water partition coefficient (Wildman–Crippen LogP) is 34.8. The number of hydrogen-bond donors (Lipinski definition) is 0. The van der Waals surface area contributed by atoms with Crippen molar-refractivity contribution in [2.45, 2.75) is 0 Å². The minimum Gasteiger partial charge on any atom is -0.208 e. The van der Waals surface area contributed by atoms with E-state index in [2.05, 4.69) is 534 Å². The summed E-state index contributed by atoms with van der Waals surface area (Å²) >= 11 is 0. The van der Waals surface area contributed by atoms with E-state index in [4.69, 9.17) is 29.9 Å². The van der Waals surface area contributed by atoms with Crippen molar-refractivity contribution < 1.29 is 0 Å². The second kappa shape index (κ2) is 39.6. The summed E-state index contributed by atoms with van der Waals surface area (Å²) < 4.78 is 0. The molecule has 21 aromatic carbocycles. The summed E-state index contributed by atoms with van der Waals surface area (Å²) in [5, 5.41) is 0. The van der Waals surface area contributed by atoms with Crippen LogP contribution in [0.2, 0.25) is 0 Å². The van der Waals surface area contributed by atoms with Crippen LogP contribution in [0, 0.1) is 0 Å². The Labute approximate surface area is 805 Å². The zero-order chi connectivity index (χ0) is 92.1. The summed E-state index contributed by atoms with van der Waals surface area (Å²) in [6.45, 7) is 0. The monoisotopic (exact) mass is 1760 g/mol. The molecule has 23 aromatic rings. The Morgan fingerprint density at radius 1 is 0.0652 bits per heavy atom. The van der Waals surface area contributed by atoms with E-state index < -0.39 is 0 Å². The van der Waals surface area contributed by atoms with Crippen molar-refractivity contribution in [1.82, 2.24) is 29.9 Å². The van der Waals surface area contributed by atoms with Gasteiger partial charge in [-0.15, -0.1) is 0 Å². The van der Waals surface area contributed by atoms with Crippen molar-refractivity contribution >= 4 is 0 Å². The maximum absolute atomic E-state index is 5.23. The molecule has 0 atom stereocenters. The van der Waals surface area contributed by atoms with Crippen LogP contribution in [0.5, 0.6) is 0 Å². The topological polar surface area (TPSA) is 77.3 Å². The highest BCUT2D eigenvalue weighted by molar-refractivity contribution is 5.86. The summed E-state index contributed by atoms with van der Waals surface area (Å²) in [4.78, 5) is 31.0. The molecule has 648 valence electrons. The fourth-order valence-electron chi connectivity index (χ4n) is 18.2. The summed E-state index contributed by atoms with van der Waals surface area (Å²) in [5.41, 5.74) is 40.3. The van der Waals surface area contributed by atoms with Crippen molar-refractivity contribution in [3.05, 3.63) is 546 Å². The van der Waals surface area contributed by atoms with Crippen LogP contribution in [0.4, 0.5) is 0 Å². The van der Waals surface area contributed by atoms with Crippen molar-refractivity contribution in [3.63, 3.8) is 0 Å².